The monoisotopic (exact) mass is 254 g/mol. The van der Waals surface area contributed by atoms with Crippen LogP contribution in [0.3, 0.4) is 0 Å². The van der Waals surface area contributed by atoms with Gasteiger partial charge in [0.2, 0.25) is 0 Å². The van der Waals surface area contributed by atoms with Crippen molar-refractivity contribution in [3.8, 4) is 0 Å². The van der Waals surface area contributed by atoms with Crippen LogP contribution >= 0.6 is 0 Å². The molecule has 0 heteroatoms. The van der Waals surface area contributed by atoms with Crippen LogP contribution in [-0.2, 0) is 0 Å². The molecule has 0 aromatic rings. The molecule has 0 aromatic carbocycles. The number of hydrogen-bond acceptors (Lipinski definition) is 0. The van der Waals surface area contributed by atoms with Gasteiger partial charge in [-0.3, -0.25) is 0 Å². The second-order valence-electron chi connectivity index (χ2n) is 5.93. The Morgan fingerprint density at radius 1 is 0.444 bits per heavy atom. The van der Waals surface area contributed by atoms with Gasteiger partial charge in [-0.2, -0.15) is 0 Å². The van der Waals surface area contributed by atoms with Gasteiger partial charge in [-0.1, -0.05) is 111 Å². The zero-order chi connectivity index (χ0) is 13.5. The van der Waals surface area contributed by atoms with E-state index in [-0.39, 0.29) is 0 Å². The average Bonchev–Trinajstić information content (AvgIpc) is 3.01. The van der Waals surface area contributed by atoms with Crippen LogP contribution in [0.1, 0.15) is 111 Å². The Labute approximate surface area is 117 Å². The summed E-state index contributed by atoms with van der Waals surface area (Å²) in [7, 11) is 0. The van der Waals surface area contributed by atoms with Crippen LogP contribution in [0.25, 0.3) is 0 Å². The van der Waals surface area contributed by atoms with Crippen molar-refractivity contribution < 1.29 is 0 Å². The largest absolute Gasteiger partial charge is 0.0683 e. The highest BCUT2D eigenvalue weighted by atomic mass is 14.1. The second kappa shape index (κ2) is 15.1. The SMILES string of the molecule is C1CCCC1.C1CCCCC1.CC.CC1CCC1. The standard InChI is InChI=1S/C6H12.2C5H10.C2H6/c1-2-4-6-5-3-1;1-5-3-2-4-5;1-2-4-5-3-1;1-2/h1-6H2;5H,2-4H2,1H3;1-5H2;1-2H3. The van der Waals surface area contributed by atoms with Crippen LogP contribution in [-0.4, -0.2) is 0 Å². The number of rotatable bonds is 0. The molecule has 3 aliphatic rings. The van der Waals surface area contributed by atoms with Gasteiger partial charge in [-0.25, -0.2) is 0 Å². The van der Waals surface area contributed by atoms with Crippen molar-refractivity contribution in [1.82, 2.24) is 0 Å². The normalized spacial score (nSPS) is 22.2. The second-order valence-corrected chi connectivity index (χ2v) is 5.93. The maximum Gasteiger partial charge on any atom is -0.0443 e. The average molecular weight is 255 g/mol. The van der Waals surface area contributed by atoms with Crippen molar-refractivity contribution in [2.45, 2.75) is 111 Å². The summed E-state index contributed by atoms with van der Waals surface area (Å²) in [4.78, 5) is 0. The molecule has 3 saturated carbocycles. The van der Waals surface area contributed by atoms with Gasteiger partial charge in [0.05, 0.1) is 0 Å². The van der Waals surface area contributed by atoms with E-state index in [4.69, 9.17) is 0 Å². The molecule has 18 heavy (non-hydrogen) atoms. The fourth-order valence-corrected chi connectivity index (χ4v) is 2.56. The third-order valence-electron chi connectivity index (χ3n) is 4.14. The zero-order valence-corrected chi connectivity index (χ0v) is 13.5. The summed E-state index contributed by atoms with van der Waals surface area (Å²) >= 11 is 0. The van der Waals surface area contributed by atoms with Gasteiger partial charge >= 0.3 is 0 Å². The van der Waals surface area contributed by atoms with Gasteiger partial charge in [-0.05, 0) is 5.92 Å². The van der Waals surface area contributed by atoms with Gasteiger partial charge in [0.1, 0.15) is 0 Å². The highest BCUT2D eigenvalue weighted by Crippen LogP contribution is 2.24. The minimum atomic E-state index is 1.06. The molecule has 0 aliphatic heterocycles. The molecule has 0 nitrogen and oxygen atoms in total. The first kappa shape index (κ1) is 18.0. The maximum absolute atomic E-state index is 2.31. The summed E-state index contributed by atoms with van der Waals surface area (Å²) in [6, 6.07) is 0. The molecule has 0 unspecified atom stereocenters. The number of hydrogen-bond donors (Lipinski definition) is 0. The van der Waals surface area contributed by atoms with Crippen molar-refractivity contribution in [3.63, 3.8) is 0 Å². The molecule has 3 aliphatic carbocycles. The van der Waals surface area contributed by atoms with E-state index in [9.17, 15) is 0 Å². The lowest BCUT2D eigenvalue weighted by Crippen LogP contribution is -2.04. The third-order valence-corrected chi connectivity index (χ3v) is 4.14. The summed E-state index contributed by atoms with van der Waals surface area (Å²) in [6.45, 7) is 6.31. The van der Waals surface area contributed by atoms with E-state index < -0.39 is 0 Å². The predicted molar refractivity (Wildman–Crippen MR) is 85.2 cm³/mol. The van der Waals surface area contributed by atoms with Crippen molar-refractivity contribution >= 4 is 0 Å². The molecule has 0 amide bonds. The Morgan fingerprint density at radius 3 is 0.667 bits per heavy atom. The molecule has 3 rings (SSSR count). The molecule has 0 radical (unpaired) electrons. The molecule has 0 bridgehead atoms. The lowest BCUT2D eigenvalue weighted by Gasteiger charge is -2.18. The summed E-state index contributed by atoms with van der Waals surface area (Å²) in [5.41, 5.74) is 0. The van der Waals surface area contributed by atoms with E-state index in [0.29, 0.717) is 0 Å². The molecule has 0 heterocycles. The molecule has 110 valence electrons. The van der Waals surface area contributed by atoms with Crippen LogP contribution in [0.15, 0.2) is 0 Å². The Hall–Kier alpha value is 0. The van der Waals surface area contributed by atoms with Crippen LogP contribution in [0, 0.1) is 5.92 Å². The molecular weight excluding hydrogens is 216 g/mol. The summed E-state index contributed by atoms with van der Waals surface area (Å²) < 4.78 is 0. The van der Waals surface area contributed by atoms with Crippen molar-refractivity contribution in [2.75, 3.05) is 0 Å². The summed E-state index contributed by atoms with van der Waals surface area (Å²) in [5, 5.41) is 0. The van der Waals surface area contributed by atoms with E-state index in [1.807, 2.05) is 13.8 Å². The molecule has 0 aromatic heterocycles. The molecule has 0 N–H and O–H groups in total. The summed E-state index contributed by atoms with van der Waals surface area (Å²) in [5.74, 6) is 1.06. The fraction of sp³-hybridized carbons (Fsp3) is 1.00. The van der Waals surface area contributed by atoms with Crippen LogP contribution in [0.2, 0.25) is 0 Å². The quantitative estimate of drug-likeness (QED) is 0.431. The third kappa shape index (κ3) is 12.5. The Balaban J connectivity index is 0.000000226. The fourth-order valence-electron chi connectivity index (χ4n) is 2.56. The first-order valence-corrected chi connectivity index (χ1v) is 8.89. The van der Waals surface area contributed by atoms with Gasteiger partial charge < -0.3 is 0 Å². The van der Waals surface area contributed by atoms with Gasteiger partial charge in [-0.15, -0.1) is 0 Å². The molecule has 0 spiro atoms. The Kier molecular flexibility index (Phi) is 15.1. The predicted octanol–water partition coefficient (Wildman–Crippen LogP) is 7.12. The summed E-state index contributed by atoms with van der Waals surface area (Å²) in [6.07, 6.45) is 21.0. The minimum absolute atomic E-state index is 1.06. The van der Waals surface area contributed by atoms with Crippen molar-refractivity contribution in [1.29, 1.82) is 0 Å². The topological polar surface area (TPSA) is 0 Å². The van der Waals surface area contributed by atoms with Crippen molar-refractivity contribution in [3.05, 3.63) is 0 Å². The molecule has 0 saturated heterocycles. The molecule has 0 atom stereocenters. The van der Waals surface area contributed by atoms with E-state index in [1.54, 1.807) is 0 Å². The van der Waals surface area contributed by atoms with Crippen molar-refractivity contribution in [2.24, 2.45) is 5.92 Å². The maximum atomic E-state index is 2.31. The van der Waals surface area contributed by atoms with Gasteiger partial charge in [0.15, 0.2) is 0 Å². The first-order chi connectivity index (χ1) is 8.89. The van der Waals surface area contributed by atoms with Gasteiger partial charge in [0, 0.05) is 0 Å². The smallest absolute Gasteiger partial charge is 0.0443 e. The zero-order valence-electron chi connectivity index (χ0n) is 13.5. The molecule has 3 fully saturated rings. The first-order valence-electron chi connectivity index (χ1n) is 8.89. The van der Waals surface area contributed by atoms with E-state index >= 15 is 0 Å². The highest BCUT2D eigenvalue weighted by molar-refractivity contribution is 4.62. The lowest BCUT2D eigenvalue weighted by molar-refractivity contribution is 0.346. The Morgan fingerprint density at radius 2 is 0.611 bits per heavy atom. The van der Waals surface area contributed by atoms with E-state index in [0.717, 1.165) is 5.92 Å². The lowest BCUT2D eigenvalue weighted by atomic mass is 9.88. The molecular formula is C18H38. The Bertz CT molecular complexity index is 108. The van der Waals surface area contributed by atoms with Crippen LogP contribution < -0.4 is 0 Å². The van der Waals surface area contributed by atoms with E-state index in [1.165, 1.54) is 89.9 Å². The highest BCUT2D eigenvalue weighted by Gasteiger charge is 2.09. The minimum Gasteiger partial charge on any atom is -0.0683 e. The van der Waals surface area contributed by atoms with E-state index in [2.05, 4.69) is 6.92 Å². The van der Waals surface area contributed by atoms with Crippen LogP contribution in [0.4, 0.5) is 0 Å². The van der Waals surface area contributed by atoms with Gasteiger partial charge in [0.25, 0.3) is 0 Å². The van der Waals surface area contributed by atoms with Crippen LogP contribution in [0.5, 0.6) is 0 Å².